The second-order valence-corrected chi connectivity index (χ2v) is 7.15. The van der Waals surface area contributed by atoms with Crippen molar-refractivity contribution >= 4 is 40.6 Å². The van der Waals surface area contributed by atoms with E-state index in [9.17, 15) is 4.79 Å². The smallest absolute Gasteiger partial charge is 0.317 e. The second kappa shape index (κ2) is 7.53. The normalized spacial score (nSPS) is 18.0. The highest BCUT2D eigenvalue weighted by Crippen LogP contribution is 2.28. The molecule has 1 aromatic carbocycles. The van der Waals surface area contributed by atoms with Crippen LogP contribution in [0.1, 0.15) is 16.5 Å². The molecule has 0 unspecified atom stereocenters. The molecular weight excluding hydrogens is 355 g/mol. The van der Waals surface area contributed by atoms with Gasteiger partial charge in [-0.05, 0) is 35.2 Å². The van der Waals surface area contributed by atoms with Crippen molar-refractivity contribution in [1.29, 1.82) is 0 Å². The van der Waals surface area contributed by atoms with Crippen LogP contribution >= 0.6 is 34.5 Å². The molecule has 0 bridgehead atoms. The minimum Gasteiger partial charge on any atom is -0.370 e. The second-order valence-electron chi connectivity index (χ2n) is 5.25. The van der Waals surface area contributed by atoms with Crippen LogP contribution in [-0.2, 0) is 11.3 Å². The van der Waals surface area contributed by atoms with Gasteiger partial charge in [-0.15, -0.1) is 11.3 Å². The van der Waals surface area contributed by atoms with E-state index < -0.39 is 0 Å². The Morgan fingerprint density at radius 3 is 2.83 bits per heavy atom. The molecule has 1 atom stereocenters. The van der Waals surface area contributed by atoms with Gasteiger partial charge in [0, 0.05) is 21.5 Å². The summed E-state index contributed by atoms with van der Waals surface area (Å²) >= 11 is 13.7. The molecule has 1 saturated heterocycles. The van der Waals surface area contributed by atoms with Gasteiger partial charge in [0.25, 0.3) is 0 Å². The number of rotatable bonds is 3. The molecule has 1 aromatic heterocycles. The van der Waals surface area contributed by atoms with Gasteiger partial charge in [-0.3, -0.25) is 0 Å². The molecule has 23 heavy (non-hydrogen) atoms. The van der Waals surface area contributed by atoms with Crippen molar-refractivity contribution in [3.63, 3.8) is 0 Å². The number of nitrogens with one attached hydrogen (secondary N) is 1. The highest BCUT2D eigenvalue weighted by molar-refractivity contribution is 7.09. The van der Waals surface area contributed by atoms with Crippen LogP contribution in [0, 0.1) is 0 Å². The van der Waals surface area contributed by atoms with Gasteiger partial charge in [0.2, 0.25) is 0 Å². The summed E-state index contributed by atoms with van der Waals surface area (Å²) in [6.45, 7) is 2.08. The maximum atomic E-state index is 12.3. The van der Waals surface area contributed by atoms with Gasteiger partial charge >= 0.3 is 6.03 Å². The van der Waals surface area contributed by atoms with E-state index in [0.29, 0.717) is 36.3 Å². The Hall–Kier alpha value is -1.27. The first-order valence-electron chi connectivity index (χ1n) is 7.24. The summed E-state index contributed by atoms with van der Waals surface area (Å²) in [6, 6.07) is 9.22. The first-order valence-corrected chi connectivity index (χ1v) is 8.88. The molecular formula is C16H16Cl2N2O2S. The topological polar surface area (TPSA) is 41.6 Å². The number of amides is 2. The molecule has 0 saturated carbocycles. The third-order valence-electron chi connectivity index (χ3n) is 3.60. The molecule has 1 N–H and O–H groups in total. The standard InChI is InChI=1S/C16H16Cl2N2O2S/c17-12-6-11(7-13(18)8-12)15-10-20(3-4-22-15)16(21)19-9-14-2-1-5-23-14/h1-2,5-8,15H,3-4,9-10H2,(H,19,21)/t15-/m0/s1. The van der Waals surface area contributed by atoms with Crippen LogP contribution in [0.3, 0.4) is 0 Å². The highest BCUT2D eigenvalue weighted by Gasteiger charge is 2.25. The number of carbonyl (C=O) groups excluding carboxylic acids is 1. The third kappa shape index (κ3) is 4.38. The molecule has 7 heteroatoms. The Labute approximate surface area is 149 Å². The number of morpholine rings is 1. The monoisotopic (exact) mass is 370 g/mol. The third-order valence-corrected chi connectivity index (χ3v) is 4.92. The summed E-state index contributed by atoms with van der Waals surface area (Å²) in [5.74, 6) is 0. The van der Waals surface area contributed by atoms with Crippen molar-refractivity contribution in [2.75, 3.05) is 19.7 Å². The fourth-order valence-electron chi connectivity index (χ4n) is 2.48. The van der Waals surface area contributed by atoms with Crippen LogP contribution in [0.2, 0.25) is 10.0 Å². The molecule has 4 nitrogen and oxygen atoms in total. The number of benzene rings is 1. The summed E-state index contributed by atoms with van der Waals surface area (Å²) in [4.78, 5) is 15.2. The lowest BCUT2D eigenvalue weighted by Crippen LogP contribution is -2.46. The fourth-order valence-corrected chi connectivity index (χ4v) is 3.67. The largest absolute Gasteiger partial charge is 0.370 e. The minimum absolute atomic E-state index is 0.0835. The molecule has 0 radical (unpaired) electrons. The zero-order chi connectivity index (χ0) is 16.2. The Morgan fingerprint density at radius 2 is 2.13 bits per heavy atom. The summed E-state index contributed by atoms with van der Waals surface area (Å²) in [6.07, 6.45) is -0.215. The summed E-state index contributed by atoms with van der Waals surface area (Å²) in [5.41, 5.74) is 0.887. The number of hydrogen-bond acceptors (Lipinski definition) is 3. The Kier molecular flexibility index (Phi) is 5.43. The zero-order valence-corrected chi connectivity index (χ0v) is 14.6. The van der Waals surface area contributed by atoms with Gasteiger partial charge in [-0.25, -0.2) is 4.79 Å². The average Bonchev–Trinajstić information content (AvgIpc) is 3.05. The first kappa shape index (κ1) is 16.6. The maximum Gasteiger partial charge on any atom is 0.317 e. The van der Waals surface area contributed by atoms with Crippen molar-refractivity contribution in [3.8, 4) is 0 Å². The van der Waals surface area contributed by atoms with Gasteiger partial charge in [0.05, 0.1) is 19.7 Å². The number of hydrogen-bond donors (Lipinski definition) is 1. The SMILES string of the molecule is O=C(NCc1cccs1)N1CCO[C@H](c2cc(Cl)cc(Cl)c2)C1. The van der Waals surface area contributed by atoms with Crippen molar-refractivity contribution in [1.82, 2.24) is 10.2 Å². The summed E-state index contributed by atoms with van der Waals surface area (Å²) in [7, 11) is 0. The van der Waals surface area contributed by atoms with Crippen LogP contribution in [0.15, 0.2) is 35.7 Å². The van der Waals surface area contributed by atoms with Crippen molar-refractivity contribution in [3.05, 3.63) is 56.2 Å². The first-order chi connectivity index (χ1) is 11.1. The Morgan fingerprint density at radius 1 is 1.35 bits per heavy atom. The molecule has 122 valence electrons. The Bertz CT molecular complexity index is 658. The molecule has 1 aliphatic heterocycles. The number of nitrogens with zero attached hydrogens (tertiary/aromatic N) is 1. The van der Waals surface area contributed by atoms with Gasteiger partial charge in [0.15, 0.2) is 0 Å². The van der Waals surface area contributed by atoms with E-state index in [-0.39, 0.29) is 12.1 Å². The van der Waals surface area contributed by atoms with Crippen LogP contribution in [0.25, 0.3) is 0 Å². The van der Waals surface area contributed by atoms with Gasteiger partial charge in [0.1, 0.15) is 6.10 Å². The number of ether oxygens (including phenoxy) is 1. The predicted molar refractivity (Wildman–Crippen MR) is 93.3 cm³/mol. The predicted octanol–water partition coefficient (Wildman–Crippen LogP) is 4.34. The van der Waals surface area contributed by atoms with E-state index in [2.05, 4.69) is 5.32 Å². The lowest BCUT2D eigenvalue weighted by Gasteiger charge is -2.33. The van der Waals surface area contributed by atoms with Gasteiger partial charge < -0.3 is 15.0 Å². The van der Waals surface area contributed by atoms with Gasteiger partial charge in [-0.2, -0.15) is 0 Å². The number of thiophene rings is 1. The van der Waals surface area contributed by atoms with Crippen molar-refractivity contribution in [2.24, 2.45) is 0 Å². The van der Waals surface area contributed by atoms with Crippen LogP contribution in [0.4, 0.5) is 4.79 Å². The number of halogens is 2. The van der Waals surface area contributed by atoms with Crippen LogP contribution in [0.5, 0.6) is 0 Å². The lowest BCUT2D eigenvalue weighted by atomic mass is 10.1. The molecule has 0 aliphatic carbocycles. The van der Waals surface area contributed by atoms with E-state index in [4.69, 9.17) is 27.9 Å². The van der Waals surface area contributed by atoms with Crippen LogP contribution < -0.4 is 5.32 Å². The molecule has 1 fully saturated rings. The molecule has 0 spiro atoms. The quantitative estimate of drug-likeness (QED) is 0.872. The number of carbonyl (C=O) groups is 1. The van der Waals surface area contributed by atoms with E-state index in [1.54, 1.807) is 22.3 Å². The molecule has 2 aromatic rings. The maximum absolute atomic E-state index is 12.3. The summed E-state index contributed by atoms with van der Waals surface area (Å²) < 4.78 is 5.77. The van der Waals surface area contributed by atoms with E-state index in [0.717, 1.165) is 10.4 Å². The number of urea groups is 1. The Balaban J connectivity index is 1.62. The fraction of sp³-hybridized carbons (Fsp3) is 0.312. The van der Waals surface area contributed by atoms with Crippen LogP contribution in [-0.4, -0.2) is 30.6 Å². The van der Waals surface area contributed by atoms with E-state index in [1.165, 1.54) is 0 Å². The lowest BCUT2D eigenvalue weighted by molar-refractivity contribution is -0.0154. The summed E-state index contributed by atoms with van der Waals surface area (Å²) in [5, 5.41) is 6.06. The highest BCUT2D eigenvalue weighted by atomic mass is 35.5. The zero-order valence-electron chi connectivity index (χ0n) is 12.3. The van der Waals surface area contributed by atoms with E-state index in [1.807, 2.05) is 29.6 Å². The molecule has 3 rings (SSSR count). The van der Waals surface area contributed by atoms with E-state index >= 15 is 0 Å². The van der Waals surface area contributed by atoms with Crippen molar-refractivity contribution < 1.29 is 9.53 Å². The minimum atomic E-state index is -0.215. The van der Waals surface area contributed by atoms with Crippen molar-refractivity contribution in [2.45, 2.75) is 12.6 Å². The molecule has 2 amide bonds. The molecule has 1 aliphatic rings. The van der Waals surface area contributed by atoms with Gasteiger partial charge in [-0.1, -0.05) is 29.3 Å². The molecule has 2 heterocycles. The average molecular weight is 371 g/mol.